The number of ether oxygens (including phenoxy) is 2. The van der Waals surface area contributed by atoms with E-state index in [9.17, 15) is 4.79 Å². The van der Waals surface area contributed by atoms with Gasteiger partial charge in [-0.2, -0.15) is 0 Å². The largest absolute Gasteiger partial charge is 0.462 e. The fourth-order valence-electron chi connectivity index (χ4n) is 3.61. The number of thiazole rings is 1. The van der Waals surface area contributed by atoms with E-state index in [1.54, 1.807) is 17.7 Å². The van der Waals surface area contributed by atoms with Crippen LogP contribution in [0.2, 0.25) is 0 Å². The third kappa shape index (κ3) is 2.40. The molecule has 2 fully saturated rings. The lowest BCUT2D eigenvalue weighted by Crippen LogP contribution is -2.63. The highest BCUT2D eigenvalue weighted by Crippen LogP contribution is 2.58. The molecule has 0 aliphatic heterocycles. The number of aromatic nitrogens is 1. The molecule has 122 valence electrons. The van der Waals surface area contributed by atoms with Crippen LogP contribution in [0, 0.1) is 5.41 Å². The normalized spacial score (nSPS) is 24.9. The summed E-state index contributed by atoms with van der Waals surface area (Å²) in [6.07, 6.45) is 5.97. The van der Waals surface area contributed by atoms with Gasteiger partial charge in [0.15, 0.2) is 16.5 Å². The zero-order chi connectivity index (χ0) is 15.9. The molecule has 0 bridgehead atoms. The second-order valence-electron chi connectivity index (χ2n) is 6.18. The van der Waals surface area contributed by atoms with Crippen LogP contribution in [0.5, 0.6) is 0 Å². The molecule has 2 aliphatic rings. The molecular weight excluding hydrogens is 314 g/mol. The zero-order valence-electron chi connectivity index (χ0n) is 13.0. The van der Waals surface area contributed by atoms with Crippen molar-refractivity contribution in [1.82, 2.24) is 4.98 Å². The molecule has 2 atom stereocenters. The third-order valence-corrected chi connectivity index (χ3v) is 5.91. The lowest BCUT2D eigenvalue weighted by atomic mass is 9.52. The Bertz CT molecular complexity index is 689. The summed E-state index contributed by atoms with van der Waals surface area (Å²) in [5.74, 6) is 0.329. The summed E-state index contributed by atoms with van der Waals surface area (Å²) < 4.78 is 16.8. The number of rotatable bonds is 5. The van der Waals surface area contributed by atoms with E-state index in [4.69, 9.17) is 13.9 Å². The molecule has 23 heavy (non-hydrogen) atoms. The van der Waals surface area contributed by atoms with Crippen LogP contribution in [0.4, 0.5) is 0 Å². The lowest BCUT2D eigenvalue weighted by molar-refractivity contribution is -0.225. The Morgan fingerprint density at radius 3 is 3.00 bits per heavy atom. The molecule has 5 nitrogen and oxygen atoms in total. The van der Waals surface area contributed by atoms with E-state index in [0.717, 1.165) is 19.3 Å². The minimum absolute atomic E-state index is 0.0333. The van der Waals surface area contributed by atoms with E-state index in [2.05, 4.69) is 4.98 Å². The minimum Gasteiger partial charge on any atom is -0.462 e. The average molecular weight is 333 g/mol. The van der Waals surface area contributed by atoms with Crippen LogP contribution in [0.1, 0.15) is 43.1 Å². The van der Waals surface area contributed by atoms with Crippen molar-refractivity contribution in [2.75, 3.05) is 6.61 Å². The maximum atomic E-state index is 12.4. The fourth-order valence-corrected chi connectivity index (χ4v) is 4.37. The highest BCUT2D eigenvalue weighted by atomic mass is 32.1. The van der Waals surface area contributed by atoms with Crippen LogP contribution in [-0.2, 0) is 9.47 Å². The summed E-state index contributed by atoms with van der Waals surface area (Å²) in [5, 5.41) is 2.42. The lowest BCUT2D eigenvalue weighted by Gasteiger charge is -2.59. The molecule has 0 saturated heterocycles. The highest BCUT2D eigenvalue weighted by Gasteiger charge is 2.61. The van der Waals surface area contributed by atoms with Gasteiger partial charge in [0.25, 0.3) is 0 Å². The topological polar surface area (TPSA) is 61.6 Å². The van der Waals surface area contributed by atoms with Crippen LogP contribution in [0.25, 0.3) is 10.8 Å². The van der Waals surface area contributed by atoms with Crippen molar-refractivity contribution < 1.29 is 18.7 Å². The Balaban J connectivity index is 1.43. The molecule has 2 heterocycles. The Labute approximate surface area is 138 Å². The smallest absolute Gasteiger partial charge is 0.358 e. The van der Waals surface area contributed by atoms with Crippen LogP contribution >= 0.6 is 11.3 Å². The molecule has 2 unspecified atom stereocenters. The molecule has 0 radical (unpaired) electrons. The molecule has 4 rings (SSSR count). The number of esters is 1. The first-order chi connectivity index (χ1) is 11.2. The molecular formula is C17H19NO4S. The van der Waals surface area contributed by atoms with Gasteiger partial charge in [0.05, 0.1) is 12.4 Å². The van der Waals surface area contributed by atoms with E-state index in [-0.39, 0.29) is 23.6 Å². The number of hydrogen-bond acceptors (Lipinski definition) is 6. The van der Waals surface area contributed by atoms with Crippen molar-refractivity contribution in [3.8, 4) is 10.8 Å². The van der Waals surface area contributed by atoms with Gasteiger partial charge in [-0.05, 0) is 31.9 Å². The minimum atomic E-state index is -0.342. The second kappa shape index (κ2) is 5.76. The van der Waals surface area contributed by atoms with Crippen molar-refractivity contribution in [2.45, 2.75) is 44.8 Å². The van der Waals surface area contributed by atoms with E-state index < -0.39 is 0 Å². The van der Waals surface area contributed by atoms with Crippen molar-refractivity contribution in [3.63, 3.8) is 0 Å². The molecule has 0 N–H and O–H groups in total. The van der Waals surface area contributed by atoms with Crippen molar-refractivity contribution >= 4 is 17.3 Å². The van der Waals surface area contributed by atoms with Crippen LogP contribution in [0.15, 0.2) is 28.2 Å². The van der Waals surface area contributed by atoms with E-state index >= 15 is 0 Å². The number of carbonyl (C=O) groups excluding carboxylic acids is 1. The van der Waals surface area contributed by atoms with Gasteiger partial charge in [-0.25, -0.2) is 9.78 Å². The predicted octanol–water partition coefficient (Wildman–Crippen LogP) is 3.91. The van der Waals surface area contributed by atoms with Gasteiger partial charge in [-0.15, -0.1) is 11.3 Å². The number of furan rings is 1. The first-order valence-electron chi connectivity index (χ1n) is 8.05. The number of nitrogens with zero attached hydrogens (tertiary/aromatic N) is 1. The zero-order valence-corrected chi connectivity index (χ0v) is 13.8. The van der Waals surface area contributed by atoms with Crippen LogP contribution < -0.4 is 0 Å². The molecule has 2 aromatic heterocycles. The number of carbonyl (C=O) groups is 1. The summed E-state index contributed by atoms with van der Waals surface area (Å²) in [5.41, 5.74) is 0.418. The quantitative estimate of drug-likeness (QED) is 0.776. The Morgan fingerprint density at radius 1 is 1.48 bits per heavy atom. The summed E-state index contributed by atoms with van der Waals surface area (Å²) in [6, 6.07) is 3.63. The summed E-state index contributed by atoms with van der Waals surface area (Å²) in [4.78, 5) is 16.7. The third-order valence-electron chi connectivity index (χ3n) is 5.06. The van der Waals surface area contributed by atoms with Gasteiger partial charge < -0.3 is 13.9 Å². The Hall–Kier alpha value is -1.66. The van der Waals surface area contributed by atoms with Gasteiger partial charge in [-0.1, -0.05) is 6.42 Å². The monoisotopic (exact) mass is 333 g/mol. The molecule has 2 aliphatic carbocycles. The van der Waals surface area contributed by atoms with Crippen molar-refractivity contribution in [3.05, 3.63) is 29.5 Å². The van der Waals surface area contributed by atoms with Crippen molar-refractivity contribution in [1.29, 1.82) is 0 Å². The molecule has 2 saturated carbocycles. The molecule has 2 aromatic rings. The molecule has 1 spiro atoms. The molecule has 0 amide bonds. The number of hydrogen-bond donors (Lipinski definition) is 0. The van der Waals surface area contributed by atoms with Gasteiger partial charge >= 0.3 is 5.97 Å². The second-order valence-corrected chi connectivity index (χ2v) is 7.03. The van der Waals surface area contributed by atoms with Crippen LogP contribution in [0.3, 0.4) is 0 Å². The summed E-state index contributed by atoms with van der Waals surface area (Å²) in [6.45, 7) is 2.73. The molecule has 0 aromatic carbocycles. The Morgan fingerprint density at radius 2 is 2.35 bits per heavy atom. The maximum absolute atomic E-state index is 12.4. The molecule has 6 heteroatoms. The fraction of sp³-hybridized carbons (Fsp3) is 0.529. The van der Waals surface area contributed by atoms with E-state index in [0.29, 0.717) is 23.1 Å². The van der Waals surface area contributed by atoms with E-state index in [1.807, 2.05) is 13.0 Å². The first kappa shape index (κ1) is 14.9. The first-order valence-corrected chi connectivity index (χ1v) is 8.93. The SMILES string of the molecule is CCOC1CC(OC(=O)c2csc(-c3ccco3)n2)C12CCC2. The maximum Gasteiger partial charge on any atom is 0.358 e. The van der Waals surface area contributed by atoms with Gasteiger partial charge in [-0.3, -0.25) is 0 Å². The standard InChI is InChI=1S/C17H19NO4S/c1-2-20-13-9-14(17(13)6-4-7-17)22-16(19)11-10-23-15(18-11)12-5-3-8-21-12/h3,5,8,10,13-14H,2,4,6-7,9H2,1H3. The predicted molar refractivity (Wildman–Crippen MR) is 85.3 cm³/mol. The highest BCUT2D eigenvalue weighted by molar-refractivity contribution is 7.13. The average Bonchev–Trinajstić information content (AvgIpc) is 3.14. The van der Waals surface area contributed by atoms with Crippen LogP contribution in [-0.4, -0.2) is 29.8 Å². The summed E-state index contributed by atoms with van der Waals surface area (Å²) in [7, 11) is 0. The summed E-state index contributed by atoms with van der Waals surface area (Å²) >= 11 is 1.39. The van der Waals surface area contributed by atoms with Crippen molar-refractivity contribution in [2.24, 2.45) is 5.41 Å². The van der Waals surface area contributed by atoms with E-state index in [1.165, 1.54) is 17.8 Å². The van der Waals surface area contributed by atoms with Gasteiger partial charge in [0, 0.05) is 23.8 Å². The van der Waals surface area contributed by atoms with Gasteiger partial charge in [0.1, 0.15) is 6.10 Å². The van der Waals surface area contributed by atoms with Gasteiger partial charge in [0.2, 0.25) is 0 Å². The Kier molecular flexibility index (Phi) is 3.73.